The van der Waals surface area contributed by atoms with Crippen molar-refractivity contribution >= 4 is 0 Å². The Kier molecular flexibility index (Phi) is 4.31. The zero-order valence-electron chi connectivity index (χ0n) is 10.7. The summed E-state index contributed by atoms with van der Waals surface area (Å²) in [5, 5.41) is 0. The van der Waals surface area contributed by atoms with Crippen LogP contribution in [0, 0.1) is 6.92 Å². The maximum Gasteiger partial charge on any atom is 0.120 e. The molecule has 0 aliphatic heterocycles. The Bertz CT molecular complexity index is 511. The third-order valence-electron chi connectivity index (χ3n) is 2.58. The highest BCUT2D eigenvalue weighted by atomic mass is 16.5. The molecule has 2 rings (SSSR count). The third kappa shape index (κ3) is 3.57. The molecule has 0 aliphatic rings. The summed E-state index contributed by atoms with van der Waals surface area (Å²) in [7, 11) is 1.69. The standard InChI is InChI=1S/C15H17NO2/c1-12-8-14(6-7-16-12)11-18-15-5-3-4-13(9-15)10-17-2/h3-9H,10-11H2,1-2H3. The highest BCUT2D eigenvalue weighted by Gasteiger charge is 1.99. The van der Waals surface area contributed by atoms with Crippen molar-refractivity contribution in [1.82, 2.24) is 4.98 Å². The number of nitrogens with zero attached hydrogens (tertiary/aromatic N) is 1. The number of benzene rings is 1. The van der Waals surface area contributed by atoms with Gasteiger partial charge in [-0.1, -0.05) is 12.1 Å². The van der Waals surface area contributed by atoms with E-state index in [1.165, 1.54) is 0 Å². The maximum atomic E-state index is 5.75. The normalized spacial score (nSPS) is 10.3. The van der Waals surface area contributed by atoms with E-state index in [1.807, 2.05) is 43.3 Å². The highest BCUT2D eigenvalue weighted by Crippen LogP contribution is 2.15. The zero-order valence-corrected chi connectivity index (χ0v) is 10.7. The minimum atomic E-state index is 0.555. The predicted octanol–water partition coefficient (Wildman–Crippen LogP) is 3.12. The zero-order chi connectivity index (χ0) is 12.8. The van der Waals surface area contributed by atoms with Crippen molar-refractivity contribution in [1.29, 1.82) is 0 Å². The van der Waals surface area contributed by atoms with Crippen LogP contribution in [-0.4, -0.2) is 12.1 Å². The molecule has 0 fully saturated rings. The van der Waals surface area contributed by atoms with E-state index in [4.69, 9.17) is 9.47 Å². The van der Waals surface area contributed by atoms with Gasteiger partial charge < -0.3 is 9.47 Å². The van der Waals surface area contributed by atoms with Crippen molar-refractivity contribution in [2.75, 3.05) is 7.11 Å². The predicted molar refractivity (Wildman–Crippen MR) is 70.5 cm³/mol. The highest BCUT2D eigenvalue weighted by molar-refractivity contribution is 5.28. The molecule has 0 spiro atoms. The summed E-state index contributed by atoms with van der Waals surface area (Å²) in [6, 6.07) is 11.9. The largest absolute Gasteiger partial charge is 0.489 e. The fourth-order valence-corrected chi connectivity index (χ4v) is 1.75. The van der Waals surface area contributed by atoms with Crippen LogP contribution in [-0.2, 0) is 18.0 Å². The lowest BCUT2D eigenvalue weighted by Crippen LogP contribution is -1.97. The van der Waals surface area contributed by atoms with Gasteiger partial charge in [0.2, 0.25) is 0 Å². The number of methoxy groups -OCH3 is 1. The molecule has 2 aromatic rings. The average Bonchev–Trinajstić information content (AvgIpc) is 2.37. The SMILES string of the molecule is COCc1cccc(OCc2ccnc(C)c2)c1. The maximum absolute atomic E-state index is 5.75. The van der Waals surface area contributed by atoms with E-state index in [9.17, 15) is 0 Å². The van der Waals surface area contributed by atoms with Gasteiger partial charge in [-0.15, -0.1) is 0 Å². The molecule has 3 heteroatoms. The van der Waals surface area contributed by atoms with Gasteiger partial charge in [0, 0.05) is 19.0 Å². The summed E-state index contributed by atoms with van der Waals surface area (Å²) in [6.07, 6.45) is 1.80. The third-order valence-corrected chi connectivity index (χ3v) is 2.58. The van der Waals surface area contributed by atoms with E-state index in [0.29, 0.717) is 13.2 Å². The lowest BCUT2D eigenvalue weighted by atomic mass is 10.2. The van der Waals surface area contributed by atoms with Crippen molar-refractivity contribution in [3.05, 3.63) is 59.4 Å². The average molecular weight is 243 g/mol. The second kappa shape index (κ2) is 6.17. The van der Waals surface area contributed by atoms with Gasteiger partial charge in [-0.05, 0) is 42.3 Å². The Morgan fingerprint density at radius 3 is 2.67 bits per heavy atom. The molecular weight excluding hydrogens is 226 g/mol. The van der Waals surface area contributed by atoms with Crippen molar-refractivity contribution in [2.45, 2.75) is 20.1 Å². The number of hydrogen-bond acceptors (Lipinski definition) is 3. The van der Waals surface area contributed by atoms with Crippen molar-refractivity contribution < 1.29 is 9.47 Å². The Morgan fingerprint density at radius 1 is 1.06 bits per heavy atom. The van der Waals surface area contributed by atoms with Crippen LogP contribution in [0.5, 0.6) is 5.75 Å². The first-order valence-corrected chi connectivity index (χ1v) is 5.90. The van der Waals surface area contributed by atoms with Gasteiger partial charge >= 0.3 is 0 Å². The minimum Gasteiger partial charge on any atom is -0.489 e. The first-order chi connectivity index (χ1) is 8.78. The fourth-order valence-electron chi connectivity index (χ4n) is 1.75. The molecule has 0 aliphatic carbocycles. The molecule has 0 unspecified atom stereocenters. The van der Waals surface area contributed by atoms with E-state index in [1.54, 1.807) is 13.3 Å². The summed E-state index contributed by atoms with van der Waals surface area (Å²) in [4.78, 5) is 4.16. The van der Waals surface area contributed by atoms with Gasteiger partial charge in [-0.25, -0.2) is 0 Å². The topological polar surface area (TPSA) is 31.4 Å². The van der Waals surface area contributed by atoms with Crippen molar-refractivity contribution in [2.24, 2.45) is 0 Å². The molecule has 1 aromatic heterocycles. The molecule has 0 saturated heterocycles. The van der Waals surface area contributed by atoms with Crippen LogP contribution < -0.4 is 4.74 Å². The Morgan fingerprint density at radius 2 is 1.89 bits per heavy atom. The molecule has 1 aromatic carbocycles. The van der Waals surface area contributed by atoms with E-state index >= 15 is 0 Å². The van der Waals surface area contributed by atoms with Crippen LogP contribution in [0.2, 0.25) is 0 Å². The van der Waals surface area contributed by atoms with E-state index in [0.717, 1.165) is 22.6 Å². The van der Waals surface area contributed by atoms with E-state index in [-0.39, 0.29) is 0 Å². The molecule has 0 saturated carbocycles. The van der Waals surface area contributed by atoms with Crippen LogP contribution in [0.4, 0.5) is 0 Å². The number of rotatable bonds is 5. The Hall–Kier alpha value is -1.87. The van der Waals surface area contributed by atoms with Crippen molar-refractivity contribution in [3.8, 4) is 5.75 Å². The summed E-state index contributed by atoms with van der Waals surface area (Å²) in [5.74, 6) is 0.860. The molecule has 0 N–H and O–H groups in total. The van der Waals surface area contributed by atoms with Crippen LogP contribution in [0.3, 0.4) is 0 Å². The number of aromatic nitrogens is 1. The van der Waals surface area contributed by atoms with Gasteiger partial charge in [0.15, 0.2) is 0 Å². The molecule has 0 radical (unpaired) electrons. The molecular formula is C15H17NO2. The second-order valence-electron chi connectivity index (χ2n) is 4.17. The number of pyridine rings is 1. The number of ether oxygens (including phenoxy) is 2. The number of aryl methyl sites for hydroxylation is 1. The summed E-state index contributed by atoms with van der Waals surface area (Å²) < 4.78 is 10.8. The Labute approximate surface area is 107 Å². The Balaban J connectivity index is 1.99. The van der Waals surface area contributed by atoms with Crippen LogP contribution in [0.25, 0.3) is 0 Å². The molecule has 18 heavy (non-hydrogen) atoms. The number of hydrogen-bond donors (Lipinski definition) is 0. The second-order valence-corrected chi connectivity index (χ2v) is 4.17. The molecule has 1 heterocycles. The van der Waals surface area contributed by atoms with Crippen LogP contribution >= 0.6 is 0 Å². The molecule has 0 atom stereocenters. The van der Waals surface area contributed by atoms with Crippen LogP contribution in [0.15, 0.2) is 42.6 Å². The van der Waals surface area contributed by atoms with Gasteiger partial charge in [0.05, 0.1) is 6.61 Å². The quantitative estimate of drug-likeness (QED) is 0.808. The molecule has 3 nitrogen and oxygen atoms in total. The van der Waals surface area contributed by atoms with E-state index in [2.05, 4.69) is 4.98 Å². The molecule has 0 amide bonds. The lowest BCUT2D eigenvalue weighted by Gasteiger charge is -2.08. The van der Waals surface area contributed by atoms with Gasteiger partial charge in [0.1, 0.15) is 12.4 Å². The monoisotopic (exact) mass is 243 g/mol. The molecule has 0 bridgehead atoms. The van der Waals surface area contributed by atoms with Crippen molar-refractivity contribution in [3.63, 3.8) is 0 Å². The lowest BCUT2D eigenvalue weighted by molar-refractivity contribution is 0.184. The van der Waals surface area contributed by atoms with Gasteiger partial charge in [-0.2, -0.15) is 0 Å². The summed E-state index contributed by atoms with van der Waals surface area (Å²) in [5.41, 5.74) is 3.24. The first-order valence-electron chi connectivity index (χ1n) is 5.90. The minimum absolute atomic E-state index is 0.555. The van der Waals surface area contributed by atoms with Crippen LogP contribution in [0.1, 0.15) is 16.8 Å². The van der Waals surface area contributed by atoms with Gasteiger partial charge in [-0.3, -0.25) is 4.98 Å². The summed E-state index contributed by atoms with van der Waals surface area (Å²) >= 11 is 0. The molecule has 94 valence electrons. The summed E-state index contributed by atoms with van der Waals surface area (Å²) in [6.45, 7) is 3.13. The first kappa shape index (κ1) is 12.6. The van der Waals surface area contributed by atoms with E-state index < -0.39 is 0 Å². The fraction of sp³-hybridized carbons (Fsp3) is 0.267. The van der Waals surface area contributed by atoms with Gasteiger partial charge in [0.25, 0.3) is 0 Å². The smallest absolute Gasteiger partial charge is 0.120 e.